The van der Waals surface area contributed by atoms with Crippen LogP contribution in [0.5, 0.6) is 0 Å². The topological polar surface area (TPSA) is 75.3 Å². The van der Waals surface area contributed by atoms with E-state index in [1.54, 1.807) is 6.20 Å². The zero-order valence-corrected chi connectivity index (χ0v) is 12.7. The smallest absolute Gasteiger partial charge is 0.147 e. The molecule has 0 saturated carbocycles. The molecule has 1 atom stereocenters. The van der Waals surface area contributed by atoms with Crippen molar-refractivity contribution in [3.63, 3.8) is 0 Å². The molecule has 1 aliphatic rings. The molecular weight excluding hydrogens is 284 g/mol. The fourth-order valence-corrected chi connectivity index (χ4v) is 3.92. The number of nitrogens with zero attached hydrogens (tertiary/aromatic N) is 3. The van der Waals surface area contributed by atoms with Crippen molar-refractivity contribution in [1.82, 2.24) is 9.36 Å². The maximum Gasteiger partial charge on any atom is 0.147 e. The van der Waals surface area contributed by atoms with Crippen molar-refractivity contribution >= 4 is 22.4 Å². The number of nitrogens with two attached hydrogens (primary N) is 1. The fraction of sp³-hybridized carbons (Fsp3) is 0.467. The van der Waals surface area contributed by atoms with E-state index in [1.165, 1.54) is 24.4 Å². The summed E-state index contributed by atoms with van der Waals surface area (Å²) in [5, 5.41) is 10.4. The molecule has 3 heterocycles. The molecule has 1 unspecified atom stereocenters. The van der Waals surface area contributed by atoms with Gasteiger partial charge in [0.15, 0.2) is 0 Å². The largest absolute Gasteiger partial charge is 0.396 e. The quantitative estimate of drug-likeness (QED) is 0.908. The van der Waals surface area contributed by atoms with Crippen LogP contribution >= 0.6 is 11.5 Å². The van der Waals surface area contributed by atoms with Crippen LogP contribution in [0, 0.1) is 0 Å². The highest BCUT2D eigenvalue weighted by Gasteiger charge is 2.27. The van der Waals surface area contributed by atoms with Crippen LogP contribution in [0.15, 0.2) is 24.5 Å². The van der Waals surface area contributed by atoms with Crippen LogP contribution in [0.3, 0.4) is 0 Å². The van der Waals surface area contributed by atoms with E-state index < -0.39 is 0 Å². The normalized spacial score (nSPS) is 18.9. The minimum absolute atomic E-state index is 0.220. The summed E-state index contributed by atoms with van der Waals surface area (Å²) in [5.74, 6) is 0.566. The maximum atomic E-state index is 9.30. The third-order valence-corrected chi connectivity index (χ3v) is 4.90. The van der Waals surface area contributed by atoms with Gasteiger partial charge < -0.3 is 15.7 Å². The van der Waals surface area contributed by atoms with E-state index >= 15 is 0 Å². The Morgan fingerprint density at radius 3 is 3.10 bits per heavy atom. The van der Waals surface area contributed by atoms with E-state index in [-0.39, 0.29) is 6.61 Å². The number of aromatic nitrogens is 2. The van der Waals surface area contributed by atoms with Crippen molar-refractivity contribution in [2.24, 2.45) is 0 Å². The molecule has 0 aromatic carbocycles. The first-order valence-corrected chi connectivity index (χ1v) is 8.11. The zero-order chi connectivity index (χ0) is 14.7. The van der Waals surface area contributed by atoms with E-state index in [4.69, 9.17) is 5.73 Å². The van der Waals surface area contributed by atoms with Crippen molar-refractivity contribution < 1.29 is 5.11 Å². The van der Waals surface area contributed by atoms with Gasteiger partial charge in [-0.15, -0.1) is 0 Å². The van der Waals surface area contributed by atoms with Gasteiger partial charge in [0.25, 0.3) is 0 Å². The number of piperidine rings is 1. The van der Waals surface area contributed by atoms with E-state index in [2.05, 4.69) is 14.3 Å². The minimum atomic E-state index is 0.220. The molecule has 0 bridgehead atoms. The number of rotatable bonds is 4. The van der Waals surface area contributed by atoms with Crippen LogP contribution < -0.4 is 10.6 Å². The van der Waals surface area contributed by atoms with Gasteiger partial charge in [-0.25, -0.2) is 0 Å². The Kier molecular flexibility index (Phi) is 4.36. The Morgan fingerprint density at radius 1 is 1.43 bits per heavy atom. The Balaban J connectivity index is 1.98. The van der Waals surface area contributed by atoms with Crippen molar-refractivity contribution in [3.05, 3.63) is 24.5 Å². The molecule has 1 aliphatic heterocycles. The van der Waals surface area contributed by atoms with Crippen molar-refractivity contribution in [3.8, 4) is 11.1 Å². The minimum Gasteiger partial charge on any atom is -0.396 e. The van der Waals surface area contributed by atoms with E-state index in [0.717, 1.165) is 35.5 Å². The zero-order valence-electron chi connectivity index (χ0n) is 11.9. The predicted octanol–water partition coefficient (Wildman–Crippen LogP) is 2.53. The first-order valence-electron chi connectivity index (χ1n) is 7.34. The lowest BCUT2D eigenvalue weighted by Crippen LogP contribution is -2.39. The Bertz CT molecular complexity index is 585. The first-order chi connectivity index (χ1) is 10.3. The third-order valence-electron chi connectivity index (χ3n) is 4.00. The number of hydrogen-bond donors (Lipinski definition) is 2. The second-order valence-electron chi connectivity index (χ2n) is 5.34. The monoisotopic (exact) mass is 304 g/mol. The number of anilines is 2. The third kappa shape index (κ3) is 2.87. The summed E-state index contributed by atoms with van der Waals surface area (Å²) < 4.78 is 4.35. The number of pyridine rings is 1. The maximum absolute atomic E-state index is 9.30. The average molecular weight is 304 g/mol. The van der Waals surface area contributed by atoms with Crippen LogP contribution in [-0.2, 0) is 0 Å². The molecule has 112 valence electrons. The lowest BCUT2D eigenvalue weighted by Gasteiger charge is -2.36. The summed E-state index contributed by atoms with van der Waals surface area (Å²) in [6.45, 7) is 1.22. The molecule has 21 heavy (non-hydrogen) atoms. The fourth-order valence-electron chi connectivity index (χ4n) is 2.99. The second kappa shape index (κ2) is 6.41. The van der Waals surface area contributed by atoms with Crippen molar-refractivity contribution in [1.29, 1.82) is 0 Å². The van der Waals surface area contributed by atoms with Crippen molar-refractivity contribution in [2.45, 2.75) is 31.7 Å². The van der Waals surface area contributed by atoms with E-state index in [0.29, 0.717) is 11.9 Å². The van der Waals surface area contributed by atoms with Gasteiger partial charge in [-0.3, -0.25) is 4.98 Å². The molecule has 0 aliphatic carbocycles. The van der Waals surface area contributed by atoms with Crippen LogP contribution in [0.1, 0.15) is 25.7 Å². The Hall–Kier alpha value is -1.66. The van der Waals surface area contributed by atoms with Crippen LogP contribution in [0.2, 0.25) is 0 Å². The highest BCUT2D eigenvalue weighted by molar-refractivity contribution is 7.11. The van der Waals surface area contributed by atoms with Crippen LogP contribution in [-0.4, -0.2) is 33.7 Å². The predicted molar refractivity (Wildman–Crippen MR) is 86.4 cm³/mol. The summed E-state index contributed by atoms with van der Waals surface area (Å²) in [7, 11) is 0. The lowest BCUT2D eigenvalue weighted by atomic mass is 9.99. The number of aliphatic hydroxyl groups excluding tert-OH is 1. The van der Waals surface area contributed by atoms with Gasteiger partial charge in [0.2, 0.25) is 0 Å². The van der Waals surface area contributed by atoms with E-state index in [9.17, 15) is 5.11 Å². The van der Waals surface area contributed by atoms with Gasteiger partial charge in [-0.2, -0.15) is 4.37 Å². The molecular formula is C15H20N4OS. The summed E-state index contributed by atoms with van der Waals surface area (Å²) in [6.07, 6.45) is 7.89. The molecule has 3 N–H and O–H groups in total. The van der Waals surface area contributed by atoms with E-state index in [1.807, 2.05) is 18.3 Å². The number of hydrogen-bond acceptors (Lipinski definition) is 6. The Morgan fingerprint density at radius 2 is 2.33 bits per heavy atom. The molecule has 2 aromatic rings. The van der Waals surface area contributed by atoms with Gasteiger partial charge in [-0.1, -0.05) is 6.07 Å². The molecule has 3 rings (SSSR count). The molecule has 2 aromatic heterocycles. The molecule has 1 fully saturated rings. The van der Waals surface area contributed by atoms with Gasteiger partial charge in [0, 0.05) is 37.2 Å². The summed E-state index contributed by atoms with van der Waals surface area (Å²) in [6, 6.07) is 4.30. The molecule has 0 radical (unpaired) electrons. The second-order valence-corrected chi connectivity index (χ2v) is 6.10. The van der Waals surface area contributed by atoms with Crippen LogP contribution in [0.25, 0.3) is 11.1 Å². The number of nitrogen functional groups attached to an aromatic ring is 1. The molecule has 0 amide bonds. The standard InChI is InChI=1S/C15H20N4OS/c16-14-13(11-4-3-7-17-10-11)15(21-18-14)19-8-2-1-5-12(19)6-9-20/h3-4,7,10,12,20H,1-2,5-6,8-9H2,(H2,16,18). The summed E-state index contributed by atoms with van der Waals surface area (Å²) in [4.78, 5) is 6.56. The molecule has 6 heteroatoms. The average Bonchev–Trinajstić information content (AvgIpc) is 2.91. The molecule has 0 spiro atoms. The molecule has 1 saturated heterocycles. The summed E-state index contributed by atoms with van der Waals surface area (Å²) >= 11 is 1.45. The van der Waals surface area contributed by atoms with Crippen molar-refractivity contribution in [2.75, 3.05) is 23.8 Å². The first kappa shape index (κ1) is 14.3. The van der Waals surface area contributed by atoms with Crippen LogP contribution in [0.4, 0.5) is 10.8 Å². The van der Waals surface area contributed by atoms with Gasteiger partial charge in [0.05, 0.1) is 5.56 Å². The highest BCUT2D eigenvalue weighted by Crippen LogP contribution is 2.41. The van der Waals surface area contributed by atoms with Gasteiger partial charge >= 0.3 is 0 Å². The summed E-state index contributed by atoms with van der Waals surface area (Å²) in [5.41, 5.74) is 8.09. The lowest BCUT2D eigenvalue weighted by molar-refractivity contribution is 0.263. The SMILES string of the molecule is Nc1nsc(N2CCCCC2CCO)c1-c1cccnc1. The van der Waals surface area contributed by atoms with Gasteiger partial charge in [-0.05, 0) is 43.3 Å². The Labute approximate surface area is 128 Å². The molecule has 5 nitrogen and oxygen atoms in total. The van der Waals surface area contributed by atoms with Gasteiger partial charge in [0.1, 0.15) is 10.8 Å². The number of aliphatic hydroxyl groups is 1. The highest BCUT2D eigenvalue weighted by atomic mass is 32.1.